The van der Waals surface area contributed by atoms with Gasteiger partial charge >= 0.3 is 0 Å². The number of benzene rings is 1. The fraction of sp³-hybridized carbons (Fsp3) is 0.125. The molecule has 0 saturated heterocycles. The summed E-state index contributed by atoms with van der Waals surface area (Å²) in [4.78, 5) is 4.36. The fourth-order valence-corrected chi connectivity index (χ4v) is 2.24. The standard InChI is InChI=1S/C16H14N/c1-2-7-16-13(5-1)8-9-14(16)10-11-15-6-3-4-12-17-15/h1-9,12H,10-11H2. The maximum absolute atomic E-state index is 4.36. The molecule has 0 N–H and O–H groups in total. The molecule has 1 aliphatic rings. The first kappa shape index (κ1) is 10.5. The zero-order valence-corrected chi connectivity index (χ0v) is 9.63. The molecule has 17 heavy (non-hydrogen) atoms. The van der Waals surface area contributed by atoms with Crippen molar-refractivity contribution >= 4 is 0 Å². The minimum atomic E-state index is 1.01. The van der Waals surface area contributed by atoms with Crippen LogP contribution in [0.25, 0.3) is 0 Å². The first-order valence-electron chi connectivity index (χ1n) is 5.97. The van der Waals surface area contributed by atoms with Crippen LogP contribution in [0.2, 0.25) is 0 Å². The van der Waals surface area contributed by atoms with E-state index in [1.54, 1.807) is 0 Å². The van der Waals surface area contributed by atoms with E-state index in [2.05, 4.69) is 48.2 Å². The van der Waals surface area contributed by atoms with Crippen molar-refractivity contribution in [1.82, 2.24) is 4.98 Å². The van der Waals surface area contributed by atoms with Gasteiger partial charge in [0.2, 0.25) is 0 Å². The number of hydrogen-bond donors (Lipinski definition) is 0. The number of aryl methyl sites for hydroxylation is 1. The summed E-state index contributed by atoms with van der Waals surface area (Å²) in [6.07, 6.45) is 8.36. The quantitative estimate of drug-likeness (QED) is 0.772. The summed E-state index contributed by atoms with van der Waals surface area (Å²) in [6, 6.07) is 14.7. The van der Waals surface area contributed by atoms with Crippen molar-refractivity contribution in [1.29, 1.82) is 0 Å². The number of rotatable bonds is 3. The lowest BCUT2D eigenvalue weighted by atomic mass is 9.95. The van der Waals surface area contributed by atoms with Gasteiger partial charge in [-0.1, -0.05) is 30.3 Å². The van der Waals surface area contributed by atoms with Crippen LogP contribution < -0.4 is 0 Å². The number of pyridine rings is 1. The molecular formula is C16H14N. The van der Waals surface area contributed by atoms with Gasteiger partial charge < -0.3 is 0 Å². The third-order valence-corrected chi connectivity index (χ3v) is 3.15. The summed E-state index contributed by atoms with van der Waals surface area (Å²) in [5.41, 5.74) is 3.88. The summed E-state index contributed by atoms with van der Waals surface area (Å²) in [6.45, 7) is 0. The molecule has 0 bridgehead atoms. The van der Waals surface area contributed by atoms with Gasteiger partial charge in [-0.2, -0.15) is 0 Å². The average Bonchev–Trinajstić information content (AvgIpc) is 2.81. The molecule has 1 aliphatic carbocycles. The van der Waals surface area contributed by atoms with Crippen LogP contribution in [0.15, 0.2) is 48.7 Å². The highest BCUT2D eigenvalue weighted by Crippen LogP contribution is 2.35. The van der Waals surface area contributed by atoms with E-state index in [1.807, 2.05) is 18.3 Å². The highest BCUT2D eigenvalue weighted by atomic mass is 14.7. The Morgan fingerprint density at radius 2 is 1.71 bits per heavy atom. The van der Waals surface area contributed by atoms with Crippen LogP contribution in [0.1, 0.15) is 23.2 Å². The molecule has 2 aromatic rings. The Kier molecular flexibility index (Phi) is 2.91. The number of nitrogens with zero attached hydrogens (tertiary/aromatic N) is 1. The summed E-state index contributed by atoms with van der Waals surface area (Å²) < 4.78 is 0. The molecule has 0 saturated carbocycles. The second kappa shape index (κ2) is 4.70. The Morgan fingerprint density at radius 1 is 0.824 bits per heavy atom. The highest BCUT2D eigenvalue weighted by molar-refractivity contribution is 5.55. The zero-order valence-electron chi connectivity index (χ0n) is 9.63. The molecule has 0 aliphatic heterocycles. The second-order valence-corrected chi connectivity index (χ2v) is 4.27. The fourth-order valence-electron chi connectivity index (χ4n) is 2.24. The smallest absolute Gasteiger partial charge is 0.0403 e. The van der Waals surface area contributed by atoms with E-state index in [0.717, 1.165) is 18.5 Å². The molecule has 1 heteroatoms. The second-order valence-electron chi connectivity index (χ2n) is 4.27. The van der Waals surface area contributed by atoms with Crippen LogP contribution in [0.4, 0.5) is 0 Å². The van der Waals surface area contributed by atoms with Gasteiger partial charge in [0.25, 0.3) is 0 Å². The lowest BCUT2D eigenvalue weighted by Crippen LogP contribution is -1.99. The molecule has 3 radical (unpaired) electrons. The van der Waals surface area contributed by atoms with Crippen molar-refractivity contribution < 1.29 is 0 Å². The van der Waals surface area contributed by atoms with E-state index < -0.39 is 0 Å². The summed E-state index contributed by atoms with van der Waals surface area (Å²) in [5.74, 6) is 1.42. The summed E-state index contributed by atoms with van der Waals surface area (Å²) >= 11 is 0. The topological polar surface area (TPSA) is 12.9 Å². The van der Waals surface area contributed by atoms with Crippen LogP contribution in [0.5, 0.6) is 0 Å². The molecule has 0 fully saturated rings. The van der Waals surface area contributed by atoms with E-state index in [0.29, 0.717) is 0 Å². The van der Waals surface area contributed by atoms with Gasteiger partial charge in [0.1, 0.15) is 0 Å². The number of fused-ring (bicyclic) bond motifs is 1. The predicted octanol–water partition coefficient (Wildman–Crippen LogP) is 3.41. The van der Waals surface area contributed by atoms with Crippen LogP contribution in [0, 0.1) is 18.8 Å². The van der Waals surface area contributed by atoms with Gasteiger partial charge in [-0.3, -0.25) is 4.98 Å². The molecule has 1 nitrogen and oxygen atoms in total. The van der Waals surface area contributed by atoms with Crippen LogP contribution in [0.3, 0.4) is 0 Å². The monoisotopic (exact) mass is 220 g/mol. The van der Waals surface area contributed by atoms with Crippen molar-refractivity contribution in [2.24, 2.45) is 0 Å². The third kappa shape index (κ3) is 2.23. The lowest BCUT2D eigenvalue weighted by Gasteiger charge is -2.09. The van der Waals surface area contributed by atoms with E-state index in [4.69, 9.17) is 0 Å². The van der Waals surface area contributed by atoms with Gasteiger partial charge in [0.05, 0.1) is 0 Å². The SMILES string of the molecule is [CH]1[CH]c2ccccc2[C]1CCc1ccccn1. The largest absolute Gasteiger partial charge is 0.261 e. The van der Waals surface area contributed by atoms with Crippen molar-refractivity contribution in [3.05, 3.63) is 84.2 Å². The molecule has 0 spiro atoms. The minimum Gasteiger partial charge on any atom is -0.261 e. The number of hydrogen-bond acceptors (Lipinski definition) is 1. The van der Waals surface area contributed by atoms with Gasteiger partial charge in [0, 0.05) is 17.8 Å². The van der Waals surface area contributed by atoms with Crippen LogP contribution in [-0.2, 0) is 6.42 Å². The molecule has 0 amide bonds. The summed E-state index contributed by atoms with van der Waals surface area (Å²) in [7, 11) is 0. The third-order valence-electron chi connectivity index (χ3n) is 3.15. The Bertz CT molecular complexity index is 490. The molecule has 1 aromatic carbocycles. The molecule has 1 heterocycles. The molecule has 83 valence electrons. The zero-order chi connectivity index (χ0) is 11.5. The average molecular weight is 220 g/mol. The minimum absolute atomic E-state index is 1.01. The lowest BCUT2D eigenvalue weighted by molar-refractivity contribution is 0.854. The van der Waals surface area contributed by atoms with E-state index in [9.17, 15) is 0 Å². The Hall–Kier alpha value is -1.63. The highest BCUT2D eigenvalue weighted by Gasteiger charge is 2.22. The van der Waals surface area contributed by atoms with Gasteiger partial charge in [-0.05, 0) is 48.9 Å². The summed E-state index contributed by atoms with van der Waals surface area (Å²) in [5, 5.41) is 0. The molecule has 3 rings (SSSR count). The van der Waals surface area contributed by atoms with Crippen LogP contribution in [-0.4, -0.2) is 4.98 Å². The van der Waals surface area contributed by atoms with Gasteiger partial charge in [-0.15, -0.1) is 0 Å². The predicted molar refractivity (Wildman–Crippen MR) is 69.0 cm³/mol. The van der Waals surface area contributed by atoms with E-state index in [-0.39, 0.29) is 0 Å². The maximum atomic E-state index is 4.36. The Morgan fingerprint density at radius 3 is 2.59 bits per heavy atom. The number of aromatic nitrogens is 1. The first-order chi connectivity index (χ1) is 8.43. The van der Waals surface area contributed by atoms with Crippen LogP contribution >= 0.6 is 0 Å². The van der Waals surface area contributed by atoms with Gasteiger partial charge in [0.15, 0.2) is 0 Å². The maximum Gasteiger partial charge on any atom is 0.0403 e. The Balaban J connectivity index is 1.68. The molecule has 1 aromatic heterocycles. The normalized spacial score (nSPS) is 14.8. The van der Waals surface area contributed by atoms with Crippen molar-refractivity contribution in [3.63, 3.8) is 0 Å². The van der Waals surface area contributed by atoms with Crippen molar-refractivity contribution in [2.45, 2.75) is 12.8 Å². The molecule has 0 unspecified atom stereocenters. The van der Waals surface area contributed by atoms with E-state index >= 15 is 0 Å². The van der Waals surface area contributed by atoms with E-state index in [1.165, 1.54) is 17.0 Å². The van der Waals surface area contributed by atoms with Crippen molar-refractivity contribution in [3.8, 4) is 0 Å². The van der Waals surface area contributed by atoms with Crippen molar-refractivity contribution in [2.75, 3.05) is 0 Å². The Labute approximate surface area is 103 Å². The molecular weight excluding hydrogens is 206 g/mol. The first-order valence-corrected chi connectivity index (χ1v) is 5.97. The van der Waals surface area contributed by atoms with Gasteiger partial charge in [-0.25, -0.2) is 0 Å². The molecule has 0 atom stereocenters.